The van der Waals surface area contributed by atoms with Gasteiger partial charge in [-0.2, -0.15) is 0 Å². The zero-order valence-electron chi connectivity index (χ0n) is 19.1. The van der Waals surface area contributed by atoms with Crippen LogP contribution in [0.25, 0.3) is 0 Å². The highest BCUT2D eigenvalue weighted by Crippen LogP contribution is 2.36. The molecular formula is C28H36N2O2. The lowest BCUT2D eigenvalue weighted by molar-refractivity contribution is 0.0446. The van der Waals surface area contributed by atoms with Gasteiger partial charge < -0.3 is 14.2 Å². The van der Waals surface area contributed by atoms with Crippen molar-refractivity contribution in [2.24, 2.45) is 11.8 Å². The van der Waals surface area contributed by atoms with E-state index in [1.165, 1.54) is 44.2 Å². The quantitative estimate of drug-likeness (QED) is 0.512. The van der Waals surface area contributed by atoms with Gasteiger partial charge in [-0.1, -0.05) is 42.5 Å². The highest BCUT2D eigenvalue weighted by molar-refractivity contribution is 5.92. The molecular weight excluding hydrogens is 396 g/mol. The molecule has 2 atom stereocenters. The highest BCUT2D eigenvalue weighted by atomic mass is 16.3. The van der Waals surface area contributed by atoms with Crippen molar-refractivity contribution in [2.75, 3.05) is 19.6 Å². The van der Waals surface area contributed by atoms with E-state index in [9.17, 15) is 4.79 Å². The lowest BCUT2D eigenvalue weighted by Gasteiger charge is -2.42. The molecule has 1 saturated carbocycles. The Labute approximate surface area is 192 Å². The second-order valence-corrected chi connectivity index (χ2v) is 9.97. The van der Waals surface area contributed by atoms with E-state index in [0.29, 0.717) is 17.7 Å². The summed E-state index contributed by atoms with van der Waals surface area (Å²) in [4.78, 5) is 18.4. The summed E-state index contributed by atoms with van der Waals surface area (Å²) >= 11 is 0. The molecule has 2 aliphatic carbocycles. The maximum absolute atomic E-state index is 13.5. The molecule has 1 aliphatic heterocycles. The average molecular weight is 433 g/mol. The predicted molar refractivity (Wildman–Crippen MR) is 127 cm³/mol. The average Bonchev–Trinajstić information content (AvgIpc) is 3.51. The standard InChI is InChI=1S/C28H36N2O2/c31-28(27-12-7-19-32-27)30(25-13-14-25)26(20-22-8-3-1-4-9-22)24-15-17-29(18-16-24)21-23-10-5-2-6-11-23/h1-5,7-9,12,19,23-26H,6,10-11,13-18,20-21H2. The van der Waals surface area contributed by atoms with Gasteiger partial charge in [-0.05, 0) is 94.0 Å². The minimum Gasteiger partial charge on any atom is -0.459 e. The number of allylic oxidation sites excluding steroid dienone is 2. The van der Waals surface area contributed by atoms with E-state index in [2.05, 4.69) is 52.3 Å². The Morgan fingerprint density at radius 3 is 2.47 bits per heavy atom. The van der Waals surface area contributed by atoms with Gasteiger partial charge in [-0.3, -0.25) is 4.79 Å². The number of benzene rings is 1. The van der Waals surface area contributed by atoms with E-state index in [1.54, 1.807) is 6.26 Å². The van der Waals surface area contributed by atoms with Gasteiger partial charge in [0.25, 0.3) is 5.91 Å². The molecule has 2 unspecified atom stereocenters. The summed E-state index contributed by atoms with van der Waals surface area (Å²) in [7, 11) is 0. The first kappa shape index (κ1) is 21.5. The zero-order chi connectivity index (χ0) is 21.8. The molecule has 4 nitrogen and oxygen atoms in total. The van der Waals surface area contributed by atoms with Gasteiger partial charge in [-0.25, -0.2) is 0 Å². The van der Waals surface area contributed by atoms with E-state index >= 15 is 0 Å². The summed E-state index contributed by atoms with van der Waals surface area (Å²) < 4.78 is 5.54. The minimum atomic E-state index is 0.0786. The number of likely N-dealkylation sites (tertiary alicyclic amines) is 1. The number of carbonyl (C=O) groups is 1. The van der Waals surface area contributed by atoms with Crippen molar-refractivity contribution in [3.8, 4) is 0 Å². The van der Waals surface area contributed by atoms with Crippen molar-refractivity contribution in [1.82, 2.24) is 9.80 Å². The van der Waals surface area contributed by atoms with Crippen molar-refractivity contribution >= 4 is 5.91 Å². The first-order chi connectivity index (χ1) is 15.8. The summed E-state index contributed by atoms with van der Waals surface area (Å²) in [6, 6.07) is 15.0. The first-order valence-electron chi connectivity index (χ1n) is 12.6. The van der Waals surface area contributed by atoms with Gasteiger partial charge >= 0.3 is 0 Å². The largest absolute Gasteiger partial charge is 0.459 e. The molecule has 0 radical (unpaired) electrons. The molecule has 170 valence electrons. The molecule has 1 aromatic heterocycles. The van der Waals surface area contributed by atoms with Crippen molar-refractivity contribution in [3.63, 3.8) is 0 Å². The van der Waals surface area contributed by atoms with Crippen LogP contribution < -0.4 is 0 Å². The molecule has 4 heteroatoms. The summed E-state index contributed by atoms with van der Waals surface area (Å²) in [5.41, 5.74) is 1.33. The second-order valence-electron chi connectivity index (χ2n) is 9.97. The fraction of sp³-hybridized carbons (Fsp3) is 0.536. The van der Waals surface area contributed by atoms with Crippen molar-refractivity contribution in [2.45, 2.75) is 63.5 Å². The molecule has 0 spiro atoms. The normalized spacial score (nSPS) is 23.2. The Morgan fingerprint density at radius 2 is 1.81 bits per heavy atom. The number of amides is 1. The number of nitrogens with zero attached hydrogens (tertiary/aromatic N) is 2. The minimum absolute atomic E-state index is 0.0786. The molecule has 2 aromatic rings. The molecule has 0 N–H and O–H groups in total. The molecule has 1 amide bonds. The van der Waals surface area contributed by atoms with Gasteiger partial charge in [0.1, 0.15) is 0 Å². The van der Waals surface area contributed by atoms with Crippen LogP contribution in [0.2, 0.25) is 0 Å². The van der Waals surface area contributed by atoms with Crippen LogP contribution >= 0.6 is 0 Å². The Morgan fingerprint density at radius 1 is 1.00 bits per heavy atom. The van der Waals surface area contributed by atoms with Crippen LogP contribution in [-0.4, -0.2) is 47.4 Å². The molecule has 5 rings (SSSR count). The Bertz CT molecular complexity index is 879. The molecule has 3 aliphatic rings. The van der Waals surface area contributed by atoms with Gasteiger partial charge in [0, 0.05) is 18.6 Å². The van der Waals surface area contributed by atoms with Gasteiger partial charge in [0.15, 0.2) is 5.76 Å². The molecule has 1 saturated heterocycles. The van der Waals surface area contributed by atoms with Crippen molar-refractivity contribution in [3.05, 3.63) is 72.2 Å². The highest BCUT2D eigenvalue weighted by Gasteiger charge is 2.42. The van der Waals surface area contributed by atoms with Crippen LogP contribution in [0.4, 0.5) is 0 Å². The number of hydrogen-bond donors (Lipinski definition) is 0. The third-order valence-corrected chi connectivity index (χ3v) is 7.62. The smallest absolute Gasteiger partial charge is 0.290 e. The van der Waals surface area contributed by atoms with E-state index in [0.717, 1.165) is 38.3 Å². The molecule has 0 bridgehead atoms. The van der Waals surface area contributed by atoms with Crippen LogP contribution in [0.5, 0.6) is 0 Å². The summed E-state index contributed by atoms with van der Waals surface area (Å²) in [5, 5.41) is 0. The molecule has 1 aromatic carbocycles. The summed E-state index contributed by atoms with van der Waals surface area (Å²) in [6.45, 7) is 3.55. The Balaban J connectivity index is 1.31. The third-order valence-electron chi connectivity index (χ3n) is 7.62. The maximum Gasteiger partial charge on any atom is 0.290 e. The number of rotatable bonds is 8. The lowest BCUT2D eigenvalue weighted by atomic mass is 9.84. The van der Waals surface area contributed by atoms with Gasteiger partial charge in [0.05, 0.1) is 6.26 Å². The second kappa shape index (κ2) is 10.1. The fourth-order valence-corrected chi connectivity index (χ4v) is 5.72. The molecule has 2 heterocycles. The van der Waals surface area contributed by atoms with Crippen LogP contribution in [0, 0.1) is 11.8 Å². The molecule has 32 heavy (non-hydrogen) atoms. The van der Waals surface area contributed by atoms with Crippen LogP contribution in [0.1, 0.15) is 61.1 Å². The Kier molecular flexibility index (Phi) is 6.77. The Hall–Kier alpha value is -2.33. The van der Waals surface area contributed by atoms with Crippen molar-refractivity contribution < 1.29 is 9.21 Å². The summed E-state index contributed by atoms with van der Waals surface area (Å²) in [5.74, 6) is 1.92. The first-order valence-corrected chi connectivity index (χ1v) is 12.6. The topological polar surface area (TPSA) is 36.7 Å². The van der Waals surface area contributed by atoms with Crippen LogP contribution in [-0.2, 0) is 6.42 Å². The lowest BCUT2D eigenvalue weighted by Crippen LogP contribution is -2.50. The number of carbonyl (C=O) groups excluding carboxylic acids is 1. The number of hydrogen-bond acceptors (Lipinski definition) is 3. The van der Waals surface area contributed by atoms with Crippen LogP contribution in [0.15, 0.2) is 65.3 Å². The predicted octanol–water partition coefficient (Wildman–Crippen LogP) is 5.56. The van der Waals surface area contributed by atoms with E-state index in [-0.39, 0.29) is 11.9 Å². The number of furan rings is 1. The van der Waals surface area contributed by atoms with Gasteiger partial charge in [-0.15, -0.1) is 0 Å². The number of piperidine rings is 1. The fourth-order valence-electron chi connectivity index (χ4n) is 5.72. The van der Waals surface area contributed by atoms with E-state index < -0.39 is 0 Å². The summed E-state index contributed by atoms with van der Waals surface area (Å²) in [6.07, 6.45) is 15.6. The monoisotopic (exact) mass is 432 g/mol. The van der Waals surface area contributed by atoms with Gasteiger partial charge in [0.2, 0.25) is 0 Å². The zero-order valence-corrected chi connectivity index (χ0v) is 19.1. The SMILES string of the molecule is O=C(c1ccco1)N(C1CC1)C(Cc1ccccc1)C1CCN(CC2CC=CCC2)CC1. The van der Waals surface area contributed by atoms with Crippen LogP contribution in [0.3, 0.4) is 0 Å². The molecule has 2 fully saturated rings. The van der Waals surface area contributed by atoms with E-state index in [1.807, 2.05) is 12.1 Å². The maximum atomic E-state index is 13.5. The third kappa shape index (κ3) is 5.17. The van der Waals surface area contributed by atoms with Crippen molar-refractivity contribution in [1.29, 1.82) is 0 Å². The van der Waals surface area contributed by atoms with E-state index in [4.69, 9.17) is 4.42 Å².